The first-order chi connectivity index (χ1) is 18.5. The van der Waals surface area contributed by atoms with Gasteiger partial charge in [-0.15, -0.1) is 0 Å². The van der Waals surface area contributed by atoms with Crippen LogP contribution in [0.15, 0.2) is 18.5 Å². The minimum absolute atomic E-state index is 0.147. The van der Waals surface area contributed by atoms with Crippen molar-refractivity contribution in [3.8, 4) is 6.07 Å². The smallest absolute Gasteiger partial charge is 0.379 e. The molecule has 1 aromatic heterocycles. The molecule has 0 saturated heterocycles. The van der Waals surface area contributed by atoms with Crippen LogP contribution >= 0.6 is 7.82 Å². The van der Waals surface area contributed by atoms with Crippen molar-refractivity contribution in [2.24, 2.45) is 0 Å². The summed E-state index contributed by atoms with van der Waals surface area (Å²) in [6.45, 7) is 3.14. The van der Waals surface area contributed by atoms with Crippen molar-refractivity contribution in [1.82, 2.24) is 4.98 Å². The van der Waals surface area contributed by atoms with Crippen molar-refractivity contribution in [1.29, 1.82) is 5.26 Å². The van der Waals surface area contributed by atoms with Crippen molar-refractivity contribution < 1.29 is 28.0 Å². The van der Waals surface area contributed by atoms with Gasteiger partial charge in [-0.2, -0.15) is 5.26 Å². The lowest BCUT2D eigenvalue weighted by atomic mass is 10.0. The molecule has 8 nitrogen and oxygen atoms in total. The van der Waals surface area contributed by atoms with Crippen LogP contribution in [0.5, 0.6) is 0 Å². The zero-order valence-corrected chi connectivity index (χ0v) is 24.7. The third-order valence-corrected chi connectivity index (χ3v) is 7.45. The van der Waals surface area contributed by atoms with E-state index in [0.29, 0.717) is 12.2 Å². The van der Waals surface area contributed by atoms with E-state index in [9.17, 15) is 9.46 Å². The Hall–Kier alpha value is -1.33. The highest BCUT2D eigenvalue weighted by Gasteiger charge is 2.22. The van der Waals surface area contributed by atoms with Crippen molar-refractivity contribution in [2.45, 2.75) is 122 Å². The van der Waals surface area contributed by atoms with Gasteiger partial charge in [-0.25, -0.2) is 4.57 Å². The standard InChI is InChI=1S/C29H51N2O6P/c1-3-4-5-6-7-8-9-10-11-12-13-14-15-16-17-18-19-35-25-29(26-37-38(32,33)34-2)36-24-28-20-27(21-30)22-31-23-28/h20,22-23,29H,3-19,24-26H2,1-2H3,(H,32,33)/t29-/m1/s1. The molecule has 9 heteroatoms. The maximum atomic E-state index is 11.7. The monoisotopic (exact) mass is 554 g/mol. The zero-order valence-electron chi connectivity index (χ0n) is 23.8. The molecule has 0 amide bonds. The normalized spacial score (nSPS) is 13.7. The molecule has 0 bridgehead atoms. The second-order valence-corrected chi connectivity index (χ2v) is 11.5. The molecule has 1 N–H and O–H groups in total. The van der Waals surface area contributed by atoms with Crippen LogP contribution in [-0.4, -0.2) is 42.9 Å². The largest absolute Gasteiger partial charge is 0.472 e. The summed E-state index contributed by atoms with van der Waals surface area (Å²) in [4.78, 5) is 13.5. The van der Waals surface area contributed by atoms with E-state index >= 15 is 0 Å². The Morgan fingerprint density at radius 2 is 1.45 bits per heavy atom. The summed E-state index contributed by atoms with van der Waals surface area (Å²) >= 11 is 0. The number of aromatic nitrogens is 1. The molecule has 1 unspecified atom stereocenters. The lowest BCUT2D eigenvalue weighted by molar-refractivity contribution is -0.0500. The SMILES string of the molecule is CCCCCCCCCCCCCCCCCCOC[C@H](COP(=O)(O)OC)OCc1cncc(C#N)c1. The number of hydrogen-bond donors (Lipinski definition) is 1. The van der Waals surface area contributed by atoms with Crippen LogP contribution in [0.4, 0.5) is 0 Å². The van der Waals surface area contributed by atoms with Crippen LogP contribution in [0.25, 0.3) is 0 Å². The molecule has 1 heterocycles. The van der Waals surface area contributed by atoms with Gasteiger partial charge in [0.15, 0.2) is 0 Å². The molecule has 1 rings (SSSR count). The van der Waals surface area contributed by atoms with Crippen molar-refractivity contribution in [3.05, 3.63) is 29.6 Å². The van der Waals surface area contributed by atoms with E-state index in [2.05, 4.69) is 16.4 Å². The van der Waals surface area contributed by atoms with Crippen LogP contribution in [-0.2, 0) is 29.7 Å². The van der Waals surface area contributed by atoms with E-state index in [1.807, 2.05) is 6.07 Å². The molecule has 38 heavy (non-hydrogen) atoms. The summed E-state index contributed by atoms with van der Waals surface area (Å²) in [5.41, 5.74) is 1.17. The summed E-state index contributed by atoms with van der Waals surface area (Å²) in [6.07, 6.45) is 23.7. The molecule has 1 aromatic rings. The van der Waals surface area contributed by atoms with Crippen LogP contribution in [0.1, 0.15) is 121 Å². The Morgan fingerprint density at radius 3 is 1.97 bits per heavy atom. The van der Waals surface area contributed by atoms with Crippen LogP contribution in [0.2, 0.25) is 0 Å². The highest BCUT2D eigenvalue weighted by Crippen LogP contribution is 2.42. The fourth-order valence-corrected chi connectivity index (χ4v) is 4.64. The molecule has 0 aliphatic rings. The first-order valence-corrected chi connectivity index (χ1v) is 16.1. The maximum Gasteiger partial charge on any atom is 0.472 e. The summed E-state index contributed by atoms with van der Waals surface area (Å²) in [5.74, 6) is 0. The molecular formula is C29H51N2O6P. The fraction of sp³-hybridized carbons (Fsp3) is 0.793. The van der Waals surface area contributed by atoms with Crippen molar-refractivity contribution in [3.63, 3.8) is 0 Å². The van der Waals surface area contributed by atoms with Crippen molar-refractivity contribution >= 4 is 7.82 Å². The quantitative estimate of drug-likeness (QED) is 0.0909. The molecule has 0 radical (unpaired) electrons. The molecule has 0 spiro atoms. The lowest BCUT2D eigenvalue weighted by Crippen LogP contribution is -2.25. The molecule has 0 aromatic carbocycles. The number of nitriles is 1. The number of phosphoric acid groups is 1. The average molecular weight is 555 g/mol. The molecule has 2 atom stereocenters. The number of unbranched alkanes of at least 4 members (excludes halogenated alkanes) is 15. The highest BCUT2D eigenvalue weighted by molar-refractivity contribution is 7.47. The minimum Gasteiger partial charge on any atom is -0.379 e. The predicted molar refractivity (Wildman–Crippen MR) is 151 cm³/mol. The molecule has 0 fully saturated rings. The van der Waals surface area contributed by atoms with Crippen LogP contribution in [0.3, 0.4) is 0 Å². The number of nitrogens with zero attached hydrogens (tertiary/aromatic N) is 2. The number of pyridine rings is 1. The number of ether oxygens (including phenoxy) is 2. The number of phosphoric ester groups is 1. The molecular weight excluding hydrogens is 503 g/mol. The van der Waals surface area contributed by atoms with E-state index in [1.54, 1.807) is 12.3 Å². The zero-order chi connectivity index (χ0) is 27.7. The summed E-state index contributed by atoms with van der Waals surface area (Å²) in [7, 11) is -2.99. The fourth-order valence-electron chi connectivity index (χ4n) is 4.18. The van der Waals surface area contributed by atoms with Gasteiger partial charge in [0.05, 0.1) is 25.4 Å². The number of rotatable bonds is 26. The van der Waals surface area contributed by atoms with Gasteiger partial charge in [0.25, 0.3) is 0 Å². The van der Waals surface area contributed by atoms with Gasteiger partial charge >= 0.3 is 7.82 Å². The Labute approximate surface area is 231 Å². The van der Waals surface area contributed by atoms with Gasteiger partial charge in [-0.3, -0.25) is 14.0 Å². The molecule has 0 aliphatic heterocycles. The Morgan fingerprint density at radius 1 is 0.895 bits per heavy atom. The lowest BCUT2D eigenvalue weighted by Gasteiger charge is -2.19. The summed E-state index contributed by atoms with van der Waals surface area (Å²) < 4.78 is 32.7. The third kappa shape index (κ3) is 19.7. The van der Waals surface area contributed by atoms with Gasteiger partial charge in [-0.05, 0) is 18.1 Å². The maximum absolute atomic E-state index is 11.7. The first-order valence-electron chi connectivity index (χ1n) is 14.6. The van der Waals surface area contributed by atoms with E-state index in [1.165, 1.54) is 96.1 Å². The Kier molecular flexibility index (Phi) is 21.5. The topological polar surface area (TPSA) is 111 Å². The van der Waals surface area contributed by atoms with Crippen LogP contribution in [0, 0.1) is 11.3 Å². The van der Waals surface area contributed by atoms with E-state index < -0.39 is 13.9 Å². The molecule has 218 valence electrons. The molecule has 0 saturated carbocycles. The van der Waals surface area contributed by atoms with E-state index in [0.717, 1.165) is 25.5 Å². The van der Waals surface area contributed by atoms with Gasteiger partial charge in [0.1, 0.15) is 12.2 Å². The second-order valence-electron chi connectivity index (χ2n) is 9.95. The summed E-state index contributed by atoms with van der Waals surface area (Å²) in [6, 6.07) is 3.73. The van der Waals surface area contributed by atoms with Crippen molar-refractivity contribution in [2.75, 3.05) is 26.9 Å². The van der Waals surface area contributed by atoms with E-state index in [-0.39, 0.29) is 19.8 Å². The highest BCUT2D eigenvalue weighted by atomic mass is 31.2. The molecule has 0 aliphatic carbocycles. The summed E-state index contributed by atoms with van der Waals surface area (Å²) in [5, 5.41) is 9.02. The van der Waals surface area contributed by atoms with Crippen LogP contribution < -0.4 is 0 Å². The average Bonchev–Trinajstić information content (AvgIpc) is 2.93. The first kappa shape index (κ1) is 34.7. The predicted octanol–water partition coefficient (Wildman–Crippen LogP) is 7.88. The minimum atomic E-state index is -4.11. The van der Waals surface area contributed by atoms with Gasteiger partial charge in [0, 0.05) is 26.1 Å². The third-order valence-electron chi connectivity index (χ3n) is 6.51. The second kappa shape index (κ2) is 23.5. The Bertz CT molecular complexity index is 789. The van der Waals surface area contributed by atoms with Gasteiger partial charge in [0.2, 0.25) is 0 Å². The number of hydrogen-bond acceptors (Lipinski definition) is 7. The van der Waals surface area contributed by atoms with Gasteiger partial charge in [-0.1, -0.05) is 103 Å². The van der Waals surface area contributed by atoms with Gasteiger partial charge < -0.3 is 14.4 Å². The van der Waals surface area contributed by atoms with E-state index in [4.69, 9.17) is 19.3 Å². The Balaban J connectivity index is 2.08.